The predicted molar refractivity (Wildman–Crippen MR) is 86.6 cm³/mol. The molecule has 23 heavy (non-hydrogen) atoms. The van der Waals surface area contributed by atoms with Gasteiger partial charge in [-0.1, -0.05) is 0 Å². The fraction of sp³-hybridized carbons (Fsp3) is 0.571. The molecule has 130 valence electrons. The van der Waals surface area contributed by atoms with E-state index in [0.29, 0.717) is 5.82 Å². The van der Waals surface area contributed by atoms with E-state index in [0.717, 1.165) is 31.9 Å². The summed E-state index contributed by atoms with van der Waals surface area (Å²) in [5.41, 5.74) is 1.01. The van der Waals surface area contributed by atoms with Crippen molar-refractivity contribution in [2.45, 2.75) is 12.8 Å². The molecule has 0 bridgehead atoms. The van der Waals surface area contributed by atoms with Crippen LogP contribution >= 0.6 is 12.4 Å². The second-order valence-corrected chi connectivity index (χ2v) is 4.90. The molecule has 1 aliphatic heterocycles. The molecule has 1 saturated heterocycles. The highest BCUT2D eigenvalue weighted by Gasteiger charge is 2.11. The van der Waals surface area contributed by atoms with Crippen molar-refractivity contribution in [2.24, 2.45) is 0 Å². The van der Waals surface area contributed by atoms with E-state index in [2.05, 4.69) is 25.3 Å². The third-order valence-corrected chi connectivity index (χ3v) is 3.21. The highest BCUT2D eigenvalue weighted by molar-refractivity contribution is 5.89. The Labute approximate surface area is 140 Å². The SMILES string of the molecule is Cl.O=C(CCOCC(F)F)Nc1ccc(N2CCNCC2)cn1. The number of pyridine rings is 1. The van der Waals surface area contributed by atoms with E-state index in [4.69, 9.17) is 0 Å². The van der Waals surface area contributed by atoms with Crippen LogP contribution in [-0.4, -0.2) is 56.7 Å². The van der Waals surface area contributed by atoms with Gasteiger partial charge < -0.3 is 20.3 Å². The second kappa shape index (κ2) is 10.3. The zero-order valence-electron chi connectivity index (χ0n) is 12.6. The Morgan fingerprint density at radius 2 is 2.13 bits per heavy atom. The van der Waals surface area contributed by atoms with Crippen LogP contribution in [0.25, 0.3) is 0 Å². The Bertz CT molecular complexity index is 470. The lowest BCUT2D eigenvalue weighted by molar-refractivity contribution is -0.117. The summed E-state index contributed by atoms with van der Waals surface area (Å²) in [5.74, 6) is 0.134. The lowest BCUT2D eigenvalue weighted by Gasteiger charge is -2.29. The standard InChI is InChI=1S/C14H20F2N4O2.ClH/c15-12(16)10-22-8-3-14(21)19-13-2-1-11(9-18-13)20-6-4-17-5-7-20;/h1-2,9,12,17H,3-8,10H2,(H,18,19,21);1H. The molecule has 0 saturated carbocycles. The smallest absolute Gasteiger partial charge is 0.261 e. The van der Waals surface area contributed by atoms with E-state index in [1.54, 1.807) is 12.3 Å². The fourth-order valence-corrected chi connectivity index (χ4v) is 2.11. The Hall–Kier alpha value is -1.51. The van der Waals surface area contributed by atoms with Crippen LogP contribution in [0.4, 0.5) is 20.3 Å². The molecular weight excluding hydrogens is 330 g/mol. The molecule has 1 fully saturated rings. The van der Waals surface area contributed by atoms with E-state index in [-0.39, 0.29) is 31.3 Å². The van der Waals surface area contributed by atoms with Gasteiger partial charge in [-0.3, -0.25) is 4.79 Å². The number of aromatic nitrogens is 1. The number of carbonyl (C=O) groups excluding carboxylic acids is 1. The fourth-order valence-electron chi connectivity index (χ4n) is 2.11. The first-order valence-corrected chi connectivity index (χ1v) is 7.22. The van der Waals surface area contributed by atoms with Crippen LogP contribution in [0.3, 0.4) is 0 Å². The highest BCUT2D eigenvalue weighted by Crippen LogP contribution is 2.15. The van der Waals surface area contributed by atoms with Crippen molar-refractivity contribution in [3.8, 4) is 0 Å². The van der Waals surface area contributed by atoms with Gasteiger partial charge in [-0.2, -0.15) is 0 Å². The predicted octanol–water partition coefficient (Wildman–Crippen LogP) is 1.52. The van der Waals surface area contributed by atoms with Crippen molar-refractivity contribution in [2.75, 3.05) is 49.6 Å². The third kappa shape index (κ3) is 7.06. The Morgan fingerprint density at radius 1 is 1.39 bits per heavy atom. The molecule has 2 N–H and O–H groups in total. The molecule has 1 amide bonds. The zero-order valence-corrected chi connectivity index (χ0v) is 13.5. The minimum absolute atomic E-state index is 0. The number of piperazine rings is 1. The van der Waals surface area contributed by atoms with Gasteiger partial charge >= 0.3 is 0 Å². The summed E-state index contributed by atoms with van der Waals surface area (Å²) in [5, 5.41) is 5.89. The summed E-state index contributed by atoms with van der Waals surface area (Å²) >= 11 is 0. The Balaban J connectivity index is 0.00000264. The number of nitrogens with zero attached hydrogens (tertiary/aromatic N) is 2. The van der Waals surface area contributed by atoms with Gasteiger partial charge in [0.15, 0.2) is 0 Å². The van der Waals surface area contributed by atoms with Gasteiger partial charge in [0.2, 0.25) is 5.91 Å². The lowest BCUT2D eigenvalue weighted by atomic mass is 10.3. The molecule has 0 atom stereocenters. The van der Waals surface area contributed by atoms with Gasteiger partial charge in [0.1, 0.15) is 12.4 Å². The molecule has 0 unspecified atom stereocenters. The van der Waals surface area contributed by atoms with Crippen LogP contribution in [0.5, 0.6) is 0 Å². The maximum Gasteiger partial charge on any atom is 0.261 e. The maximum atomic E-state index is 11.9. The van der Waals surface area contributed by atoms with Crippen LogP contribution < -0.4 is 15.5 Å². The largest absolute Gasteiger partial charge is 0.375 e. The first kappa shape index (κ1) is 19.5. The van der Waals surface area contributed by atoms with Crippen molar-refractivity contribution in [3.05, 3.63) is 18.3 Å². The number of alkyl halides is 2. The summed E-state index contributed by atoms with van der Waals surface area (Å²) in [6.07, 6.45) is -0.774. The van der Waals surface area contributed by atoms with Crippen LogP contribution in [0, 0.1) is 0 Å². The molecule has 0 spiro atoms. The van der Waals surface area contributed by atoms with Crippen LogP contribution in [0.2, 0.25) is 0 Å². The Morgan fingerprint density at radius 3 is 2.74 bits per heavy atom. The van der Waals surface area contributed by atoms with E-state index in [9.17, 15) is 13.6 Å². The summed E-state index contributed by atoms with van der Waals surface area (Å²) in [4.78, 5) is 18.0. The summed E-state index contributed by atoms with van der Waals surface area (Å²) in [6, 6.07) is 3.64. The number of rotatable bonds is 7. The molecule has 2 heterocycles. The van der Waals surface area contributed by atoms with Crippen molar-refractivity contribution in [3.63, 3.8) is 0 Å². The maximum absolute atomic E-state index is 11.9. The quantitative estimate of drug-likeness (QED) is 0.730. The Kier molecular flexibility index (Phi) is 8.75. The topological polar surface area (TPSA) is 66.5 Å². The van der Waals surface area contributed by atoms with Gasteiger partial charge in [0, 0.05) is 26.2 Å². The summed E-state index contributed by atoms with van der Waals surface area (Å²) in [6.45, 7) is 3.05. The lowest BCUT2D eigenvalue weighted by Crippen LogP contribution is -2.43. The first-order chi connectivity index (χ1) is 10.6. The molecule has 6 nitrogen and oxygen atoms in total. The molecule has 1 aliphatic rings. The van der Waals surface area contributed by atoms with Crippen molar-refractivity contribution < 1.29 is 18.3 Å². The summed E-state index contributed by atoms with van der Waals surface area (Å²) < 4.78 is 28.4. The summed E-state index contributed by atoms with van der Waals surface area (Å²) in [7, 11) is 0. The molecule has 9 heteroatoms. The molecule has 2 rings (SSSR count). The monoisotopic (exact) mass is 350 g/mol. The van der Waals surface area contributed by atoms with Gasteiger partial charge in [0.05, 0.1) is 24.9 Å². The number of nitrogens with one attached hydrogen (secondary N) is 2. The number of hydrogen-bond acceptors (Lipinski definition) is 5. The molecule has 1 aromatic heterocycles. The number of ether oxygens (including phenoxy) is 1. The second-order valence-electron chi connectivity index (χ2n) is 4.90. The average molecular weight is 351 g/mol. The third-order valence-electron chi connectivity index (χ3n) is 3.21. The zero-order chi connectivity index (χ0) is 15.8. The van der Waals surface area contributed by atoms with E-state index < -0.39 is 13.0 Å². The molecule has 0 aromatic carbocycles. The van der Waals surface area contributed by atoms with Gasteiger partial charge in [-0.05, 0) is 12.1 Å². The number of amides is 1. The van der Waals surface area contributed by atoms with E-state index in [1.165, 1.54) is 0 Å². The number of halogens is 3. The molecule has 0 aliphatic carbocycles. The van der Waals surface area contributed by atoms with Gasteiger partial charge in [0.25, 0.3) is 6.43 Å². The van der Waals surface area contributed by atoms with E-state index in [1.807, 2.05) is 6.07 Å². The molecule has 1 aromatic rings. The molecular formula is C14H21ClF2N4O2. The van der Waals surface area contributed by atoms with Crippen molar-refractivity contribution >= 4 is 29.8 Å². The van der Waals surface area contributed by atoms with Crippen LogP contribution in [0.15, 0.2) is 18.3 Å². The van der Waals surface area contributed by atoms with Crippen LogP contribution in [0.1, 0.15) is 6.42 Å². The van der Waals surface area contributed by atoms with Crippen molar-refractivity contribution in [1.82, 2.24) is 10.3 Å². The van der Waals surface area contributed by atoms with E-state index >= 15 is 0 Å². The average Bonchev–Trinajstić information content (AvgIpc) is 2.53. The highest BCUT2D eigenvalue weighted by atomic mass is 35.5. The number of hydrogen-bond donors (Lipinski definition) is 2. The molecule has 0 radical (unpaired) electrons. The van der Waals surface area contributed by atoms with Gasteiger partial charge in [-0.25, -0.2) is 13.8 Å². The van der Waals surface area contributed by atoms with Gasteiger partial charge in [-0.15, -0.1) is 12.4 Å². The first-order valence-electron chi connectivity index (χ1n) is 7.22. The number of carbonyl (C=O) groups is 1. The normalized spacial score (nSPS) is 14.5. The minimum Gasteiger partial charge on any atom is -0.375 e. The van der Waals surface area contributed by atoms with Crippen LogP contribution in [-0.2, 0) is 9.53 Å². The minimum atomic E-state index is -2.51. The number of anilines is 2. The van der Waals surface area contributed by atoms with Crippen molar-refractivity contribution in [1.29, 1.82) is 0 Å².